The van der Waals surface area contributed by atoms with Gasteiger partial charge in [-0.3, -0.25) is 9.78 Å². The van der Waals surface area contributed by atoms with E-state index in [4.69, 9.17) is 5.11 Å². The van der Waals surface area contributed by atoms with Gasteiger partial charge in [0.15, 0.2) is 0 Å². The molecular weight excluding hydrogens is 286 g/mol. The summed E-state index contributed by atoms with van der Waals surface area (Å²) < 4.78 is 1.23. The molecule has 0 atom stereocenters. The molecule has 0 unspecified atom stereocenters. The average molecular weight is 295 g/mol. The molecule has 8 heteroatoms. The highest BCUT2D eigenvalue weighted by Crippen LogP contribution is 2.20. The number of H-pyrrole nitrogens is 2. The van der Waals surface area contributed by atoms with Gasteiger partial charge in [-0.25, -0.2) is 14.5 Å². The van der Waals surface area contributed by atoms with Gasteiger partial charge >= 0.3 is 5.97 Å². The van der Waals surface area contributed by atoms with E-state index < -0.39 is 5.97 Å². The van der Waals surface area contributed by atoms with Gasteiger partial charge in [-0.2, -0.15) is 5.10 Å². The fraction of sp³-hybridized carbons (Fsp3) is 0. The second-order valence-electron chi connectivity index (χ2n) is 4.77. The number of aromatic nitrogens is 5. The Bertz CT molecular complexity index is 1090. The molecule has 0 aliphatic rings. The molecule has 0 aliphatic heterocycles. The Hall–Kier alpha value is -3.42. The molecule has 0 radical (unpaired) electrons. The molecule has 8 nitrogen and oxygen atoms in total. The van der Waals surface area contributed by atoms with Crippen LogP contribution in [0.1, 0.15) is 10.4 Å². The summed E-state index contributed by atoms with van der Waals surface area (Å²) in [6.07, 6.45) is 4.24. The zero-order chi connectivity index (χ0) is 15.3. The third-order valence-electron chi connectivity index (χ3n) is 3.44. The lowest BCUT2D eigenvalue weighted by Gasteiger charge is -2.03. The van der Waals surface area contributed by atoms with Crippen molar-refractivity contribution >= 4 is 27.8 Å². The number of hydrogen-bond donors (Lipinski definition) is 3. The van der Waals surface area contributed by atoms with E-state index in [0.29, 0.717) is 10.9 Å². The summed E-state index contributed by atoms with van der Waals surface area (Å²) >= 11 is 0. The van der Waals surface area contributed by atoms with Crippen LogP contribution < -0.4 is 5.56 Å². The lowest BCUT2D eigenvalue weighted by molar-refractivity contribution is 0.0697. The third-order valence-corrected chi connectivity index (χ3v) is 3.44. The van der Waals surface area contributed by atoms with Crippen molar-refractivity contribution in [3.63, 3.8) is 0 Å². The fourth-order valence-corrected chi connectivity index (χ4v) is 2.42. The van der Waals surface area contributed by atoms with E-state index in [0.717, 1.165) is 10.9 Å². The first-order chi connectivity index (χ1) is 10.6. The molecule has 1 aromatic carbocycles. The highest BCUT2D eigenvalue weighted by Gasteiger charge is 2.12. The van der Waals surface area contributed by atoms with Crippen LogP contribution in [0.25, 0.3) is 27.8 Å². The summed E-state index contributed by atoms with van der Waals surface area (Å²) in [5.74, 6) is -0.927. The molecule has 3 N–H and O–H groups in total. The van der Waals surface area contributed by atoms with Crippen molar-refractivity contribution in [3.05, 3.63) is 52.7 Å². The average Bonchev–Trinajstić information content (AvgIpc) is 3.15. The number of hydrogen-bond acceptors (Lipinski definition) is 4. The van der Waals surface area contributed by atoms with Crippen LogP contribution in [0, 0.1) is 0 Å². The molecule has 0 amide bonds. The quantitative estimate of drug-likeness (QED) is 0.515. The van der Waals surface area contributed by atoms with Crippen molar-refractivity contribution in [1.29, 1.82) is 0 Å². The molecule has 3 heterocycles. The number of aromatic amines is 2. The minimum atomic E-state index is -1.09. The number of rotatable bonds is 2. The first-order valence-electron chi connectivity index (χ1n) is 6.42. The van der Waals surface area contributed by atoms with Gasteiger partial charge in [-0.1, -0.05) is 0 Å². The summed E-state index contributed by atoms with van der Waals surface area (Å²) in [5.41, 5.74) is 1.07. The summed E-state index contributed by atoms with van der Waals surface area (Å²) in [5, 5.41) is 14.1. The van der Waals surface area contributed by atoms with Gasteiger partial charge in [0, 0.05) is 23.3 Å². The van der Waals surface area contributed by atoms with Crippen LogP contribution in [-0.4, -0.2) is 35.8 Å². The van der Waals surface area contributed by atoms with Crippen molar-refractivity contribution < 1.29 is 9.90 Å². The van der Waals surface area contributed by atoms with Crippen LogP contribution in [0.2, 0.25) is 0 Å². The first kappa shape index (κ1) is 12.3. The Balaban J connectivity index is 1.98. The largest absolute Gasteiger partial charge is 0.478 e. The van der Waals surface area contributed by atoms with Gasteiger partial charge in [0.05, 0.1) is 22.7 Å². The number of nitrogens with zero attached hydrogens (tertiary/aromatic N) is 3. The van der Waals surface area contributed by atoms with E-state index in [1.165, 1.54) is 17.1 Å². The van der Waals surface area contributed by atoms with E-state index in [1.807, 2.05) is 12.1 Å². The maximum absolute atomic E-state index is 12.4. The third kappa shape index (κ3) is 1.71. The van der Waals surface area contributed by atoms with Gasteiger partial charge in [-0.15, -0.1) is 0 Å². The van der Waals surface area contributed by atoms with Crippen molar-refractivity contribution in [2.75, 3.05) is 0 Å². The Kier molecular flexibility index (Phi) is 2.40. The summed E-state index contributed by atoms with van der Waals surface area (Å²) in [6.45, 7) is 0. The first-order valence-corrected chi connectivity index (χ1v) is 6.42. The molecule has 4 rings (SSSR count). The molecule has 22 heavy (non-hydrogen) atoms. The maximum atomic E-state index is 12.4. The number of nitrogens with one attached hydrogen (secondary N) is 2. The van der Waals surface area contributed by atoms with Crippen LogP contribution in [0.15, 0.2) is 41.6 Å². The van der Waals surface area contributed by atoms with Gasteiger partial charge < -0.3 is 10.1 Å². The van der Waals surface area contributed by atoms with Gasteiger partial charge in [0.25, 0.3) is 5.56 Å². The molecule has 0 bridgehead atoms. The Morgan fingerprint density at radius 1 is 1.27 bits per heavy atom. The predicted octanol–water partition coefficient (Wildman–Crippen LogP) is 1.29. The zero-order valence-electron chi connectivity index (χ0n) is 11.1. The normalized spacial score (nSPS) is 11.3. The van der Waals surface area contributed by atoms with Crippen LogP contribution >= 0.6 is 0 Å². The van der Waals surface area contributed by atoms with E-state index in [1.54, 1.807) is 12.3 Å². The van der Waals surface area contributed by atoms with Crippen LogP contribution in [0.5, 0.6) is 0 Å². The van der Waals surface area contributed by atoms with E-state index in [9.17, 15) is 9.59 Å². The topological polar surface area (TPSA) is 117 Å². The second kappa shape index (κ2) is 4.29. The van der Waals surface area contributed by atoms with Crippen LogP contribution in [0.3, 0.4) is 0 Å². The van der Waals surface area contributed by atoms with E-state index in [2.05, 4.69) is 20.1 Å². The molecule has 3 aromatic heterocycles. The second-order valence-corrected chi connectivity index (χ2v) is 4.77. The highest BCUT2D eigenvalue weighted by molar-refractivity contribution is 6.04. The standard InChI is InChI=1S/C14H9N5O3/c20-12-11-8-3-4-15-9(8)1-2-10(11)17-14(18-12)19-6-7(5-16-19)13(21)22/h1-6,15H,(H,21,22)(H,17,18,20). The molecule has 0 saturated heterocycles. The maximum Gasteiger partial charge on any atom is 0.338 e. The predicted molar refractivity (Wildman–Crippen MR) is 78.3 cm³/mol. The molecule has 108 valence electrons. The molecular formula is C14H9N5O3. The smallest absolute Gasteiger partial charge is 0.338 e. The lowest BCUT2D eigenvalue weighted by atomic mass is 10.1. The van der Waals surface area contributed by atoms with Crippen molar-refractivity contribution in [3.8, 4) is 5.95 Å². The Morgan fingerprint density at radius 2 is 2.14 bits per heavy atom. The molecule has 0 aliphatic carbocycles. The minimum absolute atomic E-state index is 0.0174. The number of benzene rings is 1. The monoisotopic (exact) mass is 295 g/mol. The fourth-order valence-electron chi connectivity index (χ4n) is 2.42. The minimum Gasteiger partial charge on any atom is -0.478 e. The van der Waals surface area contributed by atoms with Crippen molar-refractivity contribution in [1.82, 2.24) is 24.7 Å². The number of aromatic carboxylic acids is 1. The van der Waals surface area contributed by atoms with Gasteiger partial charge in [0.2, 0.25) is 5.95 Å². The SMILES string of the molecule is O=C(O)c1cnn(-c2nc3ccc4[nH]ccc4c3c(=O)[nH]2)c1. The molecule has 0 spiro atoms. The highest BCUT2D eigenvalue weighted by atomic mass is 16.4. The van der Waals surface area contributed by atoms with Crippen molar-refractivity contribution in [2.45, 2.75) is 0 Å². The lowest BCUT2D eigenvalue weighted by Crippen LogP contribution is -2.14. The number of carboxylic acid groups (broad SMARTS) is 1. The van der Waals surface area contributed by atoms with E-state index >= 15 is 0 Å². The van der Waals surface area contributed by atoms with Crippen LogP contribution in [0.4, 0.5) is 0 Å². The summed E-state index contributed by atoms with van der Waals surface area (Å²) in [6, 6.07) is 5.37. The van der Waals surface area contributed by atoms with Gasteiger partial charge in [0.1, 0.15) is 0 Å². The molecule has 4 aromatic rings. The summed E-state index contributed by atoms with van der Waals surface area (Å²) in [4.78, 5) is 33.3. The Labute approximate surface area is 122 Å². The zero-order valence-corrected chi connectivity index (χ0v) is 11.1. The van der Waals surface area contributed by atoms with E-state index in [-0.39, 0.29) is 17.1 Å². The number of fused-ring (bicyclic) bond motifs is 3. The molecule has 0 fully saturated rings. The van der Waals surface area contributed by atoms with Crippen LogP contribution in [-0.2, 0) is 0 Å². The number of carboxylic acids is 1. The molecule has 0 saturated carbocycles. The van der Waals surface area contributed by atoms with Gasteiger partial charge in [-0.05, 0) is 18.2 Å². The number of carbonyl (C=O) groups is 1. The Morgan fingerprint density at radius 3 is 2.91 bits per heavy atom. The summed E-state index contributed by atoms with van der Waals surface area (Å²) in [7, 11) is 0. The van der Waals surface area contributed by atoms with Crippen molar-refractivity contribution in [2.24, 2.45) is 0 Å².